The number of rotatable bonds is 1. The van der Waals surface area contributed by atoms with E-state index in [1.54, 1.807) is 31.2 Å². The number of carbonyl (C=O) groups excluding carboxylic acids is 3. The molecule has 2 bridgehead atoms. The highest BCUT2D eigenvalue weighted by molar-refractivity contribution is 5.89. The normalized spacial score (nSPS) is 31.1. The van der Waals surface area contributed by atoms with E-state index in [-0.39, 0.29) is 30.9 Å². The van der Waals surface area contributed by atoms with Crippen LogP contribution in [0.5, 0.6) is 5.88 Å². The summed E-state index contributed by atoms with van der Waals surface area (Å²) in [4.78, 5) is 48.8. The predicted molar refractivity (Wildman–Crippen MR) is 142 cm³/mol. The summed E-state index contributed by atoms with van der Waals surface area (Å²) < 4.78 is 43.0. The second-order valence-corrected chi connectivity index (χ2v) is 12.3. The van der Waals surface area contributed by atoms with Crippen LogP contribution in [0.4, 0.5) is 13.6 Å². The standard InChI is InChI=1S/C29H36F2N4O5/c1-16-20(15-36)35-14-22(16)39-25-23(32-18-10-5-6-11-19(18)33-25)29(30,31)12-8-7-9-17-13-21(17)40-27(38)34-24(26(35)37)28(2,3)4/h5-6,10-11,15-17,20-22,24H,7-9,12-14H2,1-4H3,(H,34,38)/t16-,17+,20+,21+,22-,24+/m0/s1. The third-order valence-electron chi connectivity index (χ3n) is 8.24. The Morgan fingerprint density at radius 3 is 2.45 bits per heavy atom. The molecular weight excluding hydrogens is 522 g/mol. The minimum Gasteiger partial charge on any atom is -0.471 e. The summed E-state index contributed by atoms with van der Waals surface area (Å²) in [7, 11) is 0. The van der Waals surface area contributed by atoms with Crippen molar-refractivity contribution in [2.45, 2.75) is 90.0 Å². The number of aldehydes is 1. The van der Waals surface area contributed by atoms with Gasteiger partial charge in [0.2, 0.25) is 11.8 Å². The molecule has 3 aliphatic rings. The maximum atomic E-state index is 15.7. The highest BCUT2D eigenvalue weighted by Gasteiger charge is 2.49. The Labute approximate surface area is 232 Å². The fraction of sp³-hybridized carbons (Fsp3) is 0.621. The average Bonchev–Trinajstić information content (AvgIpc) is 3.55. The molecule has 2 fully saturated rings. The number of nitrogens with zero attached hydrogens (tertiary/aromatic N) is 3. The molecule has 9 nitrogen and oxygen atoms in total. The number of alkyl carbamates (subject to hydrolysis) is 1. The molecular formula is C29H36F2N4O5. The van der Waals surface area contributed by atoms with Crippen molar-refractivity contribution in [3.8, 4) is 5.88 Å². The number of halogens is 2. The summed E-state index contributed by atoms with van der Waals surface area (Å²) in [6, 6.07) is 4.87. The first-order valence-corrected chi connectivity index (χ1v) is 13.9. The quantitative estimate of drug-likeness (QED) is 0.509. The van der Waals surface area contributed by atoms with Crippen molar-refractivity contribution >= 4 is 29.3 Å². The summed E-state index contributed by atoms with van der Waals surface area (Å²) in [5, 5.41) is 2.73. The van der Waals surface area contributed by atoms with E-state index >= 15 is 8.78 Å². The second-order valence-electron chi connectivity index (χ2n) is 12.3. The minimum atomic E-state index is -3.31. The van der Waals surface area contributed by atoms with Crippen LogP contribution in [0.3, 0.4) is 0 Å². The zero-order chi connectivity index (χ0) is 28.8. The number of nitrogens with one attached hydrogen (secondary N) is 1. The van der Waals surface area contributed by atoms with E-state index in [2.05, 4.69) is 15.3 Å². The summed E-state index contributed by atoms with van der Waals surface area (Å²) in [6.07, 6.45) is 0.500. The smallest absolute Gasteiger partial charge is 0.408 e. The number of benzene rings is 1. The van der Waals surface area contributed by atoms with Crippen molar-refractivity contribution in [1.29, 1.82) is 0 Å². The first kappa shape index (κ1) is 28.2. The molecule has 2 amide bonds. The molecule has 5 rings (SSSR count). The number of amides is 2. The van der Waals surface area contributed by atoms with E-state index in [1.165, 1.54) is 4.90 Å². The lowest BCUT2D eigenvalue weighted by atomic mass is 9.85. The summed E-state index contributed by atoms with van der Waals surface area (Å²) in [5.41, 5.74) is -0.510. The lowest BCUT2D eigenvalue weighted by Gasteiger charge is -2.34. The highest BCUT2D eigenvalue weighted by atomic mass is 19.3. The zero-order valence-electron chi connectivity index (χ0n) is 23.2. The van der Waals surface area contributed by atoms with E-state index in [9.17, 15) is 14.4 Å². The number of hydrogen-bond acceptors (Lipinski definition) is 7. The fourth-order valence-corrected chi connectivity index (χ4v) is 5.66. The Balaban J connectivity index is 1.53. The molecule has 3 heterocycles. The lowest BCUT2D eigenvalue weighted by molar-refractivity contribution is -0.139. The van der Waals surface area contributed by atoms with E-state index < -0.39 is 59.6 Å². The Hall–Kier alpha value is -3.37. The largest absolute Gasteiger partial charge is 0.471 e. The van der Waals surface area contributed by atoms with Gasteiger partial charge in [-0.05, 0) is 42.7 Å². The predicted octanol–water partition coefficient (Wildman–Crippen LogP) is 4.62. The molecule has 0 spiro atoms. The Morgan fingerprint density at radius 2 is 1.77 bits per heavy atom. The van der Waals surface area contributed by atoms with Gasteiger partial charge in [0.25, 0.3) is 5.92 Å². The van der Waals surface area contributed by atoms with Crippen LogP contribution in [0, 0.1) is 17.3 Å². The molecule has 2 aliphatic heterocycles. The molecule has 1 saturated carbocycles. The molecule has 1 aromatic heterocycles. The third kappa shape index (κ3) is 5.60. The number of fused-ring (bicyclic) bond motifs is 5. The second kappa shape index (κ2) is 10.6. The third-order valence-corrected chi connectivity index (χ3v) is 8.24. The van der Waals surface area contributed by atoms with Gasteiger partial charge in [-0.15, -0.1) is 0 Å². The lowest BCUT2D eigenvalue weighted by Crippen LogP contribution is -2.56. The van der Waals surface area contributed by atoms with Crippen molar-refractivity contribution in [3.63, 3.8) is 0 Å². The summed E-state index contributed by atoms with van der Waals surface area (Å²) in [6.45, 7) is 7.11. The van der Waals surface area contributed by atoms with Gasteiger partial charge in [-0.3, -0.25) is 4.79 Å². The van der Waals surface area contributed by atoms with Crippen LogP contribution in [0.15, 0.2) is 24.3 Å². The highest BCUT2D eigenvalue weighted by Crippen LogP contribution is 2.42. The monoisotopic (exact) mass is 558 g/mol. The van der Waals surface area contributed by atoms with Crippen molar-refractivity contribution < 1.29 is 32.6 Å². The number of hydrogen-bond donors (Lipinski definition) is 1. The molecule has 1 aromatic carbocycles. The van der Waals surface area contributed by atoms with Gasteiger partial charge in [-0.25, -0.2) is 14.8 Å². The Bertz CT molecular complexity index is 1300. The van der Waals surface area contributed by atoms with Crippen molar-refractivity contribution in [2.24, 2.45) is 17.3 Å². The molecule has 40 heavy (non-hydrogen) atoms. The molecule has 1 saturated heterocycles. The van der Waals surface area contributed by atoms with Gasteiger partial charge in [0.1, 0.15) is 24.5 Å². The first-order valence-electron chi connectivity index (χ1n) is 13.9. The van der Waals surface area contributed by atoms with Crippen LogP contribution in [0.25, 0.3) is 11.0 Å². The molecule has 0 unspecified atom stereocenters. The van der Waals surface area contributed by atoms with Gasteiger partial charge >= 0.3 is 6.09 Å². The van der Waals surface area contributed by atoms with Gasteiger partial charge in [0.05, 0.1) is 23.6 Å². The van der Waals surface area contributed by atoms with Gasteiger partial charge in [-0.1, -0.05) is 46.2 Å². The van der Waals surface area contributed by atoms with Crippen molar-refractivity contribution in [2.75, 3.05) is 6.54 Å². The van der Waals surface area contributed by atoms with Crippen LogP contribution in [-0.4, -0.2) is 64.0 Å². The Morgan fingerprint density at radius 1 is 1.07 bits per heavy atom. The Kier molecular flexibility index (Phi) is 7.43. The van der Waals surface area contributed by atoms with Crippen LogP contribution >= 0.6 is 0 Å². The van der Waals surface area contributed by atoms with Crippen LogP contribution in [-0.2, 0) is 20.2 Å². The number of carbonyl (C=O) groups is 3. The van der Waals surface area contributed by atoms with Gasteiger partial charge in [0.15, 0.2) is 5.69 Å². The number of para-hydroxylation sites is 2. The summed E-state index contributed by atoms with van der Waals surface area (Å²) >= 11 is 0. The fourth-order valence-electron chi connectivity index (χ4n) is 5.66. The number of ether oxygens (including phenoxy) is 2. The molecule has 11 heteroatoms. The summed E-state index contributed by atoms with van der Waals surface area (Å²) in [5.74, 6) is -4.50. The van der Waals surface area contributed by atoms with Gasteiger partial charge in [-0.2, -0.15) is 8.78 Å². The molecule has 0 radical (unpaired) electrons. The van der Waals surface area contributed by atoms with Crippen LogP contribution in [0.1, 0.15) is 65.5 Å². The van der Waals surface area contributed by atoms with E-state index in [4.69, 9.17) is 9.47 Å². The topological polar surface area (TPSA) is 111 Å². The van der Waals surface area contributed by atoms with Crippen molar-refractivity contribution in [3.05, 3.63) is 30.0 Å². The zero-order valence-corrected chi connectivity index (χ0v) is 23.2. The van der Waals surface area contributed by atoms with E-state index in [0.29, 0.717) is 36.6 Å². The molecule has 2 aromatic rings. The maximum Gasteiger partial charge on any atom is 0.408 e. The minimum absolute atomic E-state index is 0.0447. The number of alkyl halides is 2. The number of aromatic nitrogens is 2. The van der Waals surface area contributed by atoms with Crippen LogP contribution in [0.2, 0.25) is 0 Å². The van der Waals surface area contributed by atoms with Gasteiger partial charge < -0.3 is 24.5 Å². The van der Waals surface area contributed by atoms with Crippen LogP contribution < -0.4 is 10.1 Å². The molecule has 6 atom stereocenters. The van der Waals surface area contributed by atoms with Crippen molar-refractivity contribution in [1.82, 2.24) is 20.2 Å². The SMILES string of the molecule is C[C@@H]1[C@@H]2CN(C(=O)[C@H](C(C)(C)C)NC(=O)O[C@@H]3C[C@H]3CCCCC(F)(F)c3nc4ccccc4nc3O2)[C@@H]1C=O. The maximum absolute atomic E-state index is 15.7. The molecule has 1 N–H and O–H groups in total. The van der Waals surface area contributed by atoms with E-state index in [0.717, 1.165) is 0 Å². The molecule has 1 aliphatic carbocycles. The molecule has 216 valence electrons. The first-order chi connectivity index (χ1) is 18.9. The van der Waals surface area contributed by atoms with E-state index in [1.807, 2.05) is 20.8 Å². The van der Waals surface area contributed by atoms with Gasteiger partial charge in [0, 0.05) is 12.3 Å². The average molecular weight is 559 g/mol.